The maximum Gasteiger partial charge on any atom is 0.407 e. The molecular formula is C38H48N8O6. The van der Waals surface area contributed by atoms with Crippen LogP contribution in [0.4, 0.5) is 9.59 Å². The molecule has 3 atom stereocenters. The minimum atomic E-state index is -0.721. The van der Waals surface area contributed by atoms with Gasteiger partial charge in [0.2, 0.25) is 11.8 Å². The highest BCUT2D eigenvalue weighted by molar-refractivity contribution is 5.86. The molecule has 0 aliphatic rings. The van der Waals surface area contributed by atoms with E-state index in [1.54, 1.807) is 20.0 Å². The summed E-state index contributed by atoms with van der Waals surface area (Å²) in [6.07, 6.45) is 3.16. The van der Waals surface area contributed by atoms with Crippen LogP contribution in [0.25, 0.3) is 22.5 Å². The molecule has 0 aliphatic heterocycles. The minimum Gasteiger partial charge on any atom is -0.453 e. The quantitative estimate of drug-likeness (QED) is 0.118. The lowest BCUT2D eigenvalue weighted by Crippen LogP contribution is -2.50. The molecule has 0 saturated heterocycles. The van der Waals surface area contributed by atoms with Crippen molar-refractivity contribution < 1.29 is 28.7 Å². The SMILES string of the molecule is CCc1ncc(-c2ccc(C#Cc3ccc(-c4cnc(C(C)NC(=O)C(NC(=O)OC)C(C)C)[nH]4)cc3)cc2)[nH]1.COC(=O)NC(C(N)=O)C(C)C. The largest absolute Gasteiger partial charge is 0.453 e. The zero-order chi connectivity index (χ0) is 38.4. The van der Waals surface area contributed by atoms with Crippen molar-refractivity contribution in [1.82, 2.24) is 35.9 Å². The molecule has 0 saturated carbocycles. The number of nitrogens with two attached hydrogens (primary N) is 1. The number of carbonyl (C=O) groups excluding carboxylic acids is 4. The molecule has 0 aliphatic carbocycles. The monoisotopic (exact) mass is 712 g/mol. The van der Waals surface area contributed by atoms with Gasteiger partial charge in [0, 0.05) is 17.5 Å². The molecule has 2 aromatic carbocycles. The molecule has 4 amide bonds. The first-order valence-corrected chi connectivity index (χ1v) is 16.9. The Balaban J connectivity index is 0.000000521. The molecule has 276 valence electrons. The normalized spacial score (nSPS) is 12.3. The first-order chi connectivity index (χ1) is 24.8. The van der Waals surface area contributed by atoms with Crippen molar-refractivity contribution in [3.05, 3.63) is 83.7 Å². The predicted molar refractivity (Wildman–Crippen MR) is 197 cm³/mol. The summed E-state index contributed by atoms with van der Waals surface area (Å²) in [6.45, 7) is 11.2. The van der Waals surface area contributed by atoms with Crippen LogP contribution in [-0.4, -0.2) is 70.2 Å². The van der Waals surface area contributed by atoms with Crippen LogP contribution in [0.2, 0.25) is 0 Å². The number of imidazole rings is 2. The molecule has 14 heteroatoms. The number of amides is 4. The van der Waals surface area contributed by atoms with Crippen LogP contribution in [0.3, 0.4) is 0 Å². The standard InChI is InChI=1S/C31H34N6O3.C7H14N2O3/c1-6-27-32-17-25(35-27)23-13-9-21(10-14-23)7-8-22-11-15-24(16-12-22)26-18-33-29(36-26)20(4)34-30(38)28(19(2)3)37-31(39)40-5;1-4(2)5(6(8)10)9-7(11)12-3/h9-20,28H,6H2,1-5H3,(H,32,35)(H,33,36)(H,34,38)(H,37,39);4-5H,1-3H3,(H2,8,10)(H,9,11). The number of carbonyl (C=O) groups is 4. The van der Waals surface area contributed by atoms with Crippen LogP contribution in [0, 0.1) is 23.7 Å². The summed E-state index contributed by atoms with van der Waals surface area (Å²) in [5.74, 6) is 6.98. The van der Waals surface area contributed by atoms with E-state index in [2.05, 4.69) is 64.1 Å². The first-order valence-electron chi connectivity index (χ1n) is 16.9. The molecule has 52 heavy (non-hydrogen) atoms. The average Bonchev–Trinajstić information content (AvgIpc) is 3.83. The van der Waals surface area contributed by atoms with E-state index in [1.807, 2.05) is 75.5 Å². The number of alkyl carbamates (subject to hydrolysis) is 2. The van der Waals surface area contributed by atoms with Crippen LogP contribution in [-0.2, 0) is 25.5 Å². The predicted octanol–water partition coefficient (Wildman–Crippen LogP) is 4.84. The van der Waals surface area contributed by atoms with Crippen LogP contribution >= 0.6 is 0 Å². The molecule has 0 bridgehead atoms. The third-order valence-electron chi connectivity index (χ3n) is 7.91. The number of hydrogen-bond donors (Lipinski definition) is 6. The van der Waals surface area contributed by atoms with Gasteiger partial charge in [0.1, 0.15) is 23.7 Å². The van der Waals surface area contributed by atoms with Gasteiger partial charge in [-0.15, -0.1) is 0 Å². The summed E-state index contributed by atoms with van der Waals surface area (Å²) >= 11 is 0. The fourth-order valence-corrected chi connectivity index (χ4v) is 4.85. The Labute approximate surface area is 304 Å². The van der Waals surface area contributed by atoms with Crippen molar-refractivity contribution in [1.29, 1.82) is 0 Å². The molecule has 2 aromatic heterocycles. The number of aromatic nitrogens is 4. The Hall–Kier alpha value is -6.10. The van der Waals surface area contributed by atoms with E-state index >= 15 is 0 Å². The number of benzene rings is 2. The third kappa shape index (κ3) is 11.8. The Kier molecular flexibility index (Phi) is 15.0. The van der Waals surface area contributed by atoms with E-state index in [9.17, 15) is 19.2 Å². The summed E-state index contributed by atoms with van der Waals surface area (Å²) in [6, 6.07) is 14.2. The summed E-state index contributed by atoms with van der Waals surface area (Å²) in [5.41, 5.74) is 10.7. The molecule has 4 aromatic rings. The Bertz CT molecular complexity index is 1850. The fraction of sp³-hybridized carbons (Fsp3) is 0.368. The summed E-state index contributed by atoms with van der Waals surface area (Å²) in [7, 11) is 2.49. The topological polar surface area (TPSA) is 206 Å². The van der Waals surface area contributed by atoms with E-state index in [4.69, 9.17) is 5.73 Å². The number of rotatable bonds is 11. The van der Waals surface area contributed by atoms with Crippen LogP contribution < -0.4 is 21.7 Å². The second-order valence-corrected chi connectivity index (χ2v) is 12.5. The molecule has 3 unspecified atom stereocenters. The highest BCUT2D eigenvalue weighted by atomic mass is 16.5. The zero-order valence-corrected chi connectivity index (χ0v) is 30.8. The fourth-order valence-electron chi connectivity index (χ4n) is 4.85. The minimum absolute atomic E-state index is 0.0402. The van der Waals surface area contributed by atoms with Crippen molar-refractivity contribution in [2.75, 3.05) is 14.2 Å². The van der Waals surface area contributed by atoms with Crippen LogP contribution in [0.5, 0.6) is 0 Å². The number of hydrogen-bond acceptors (Lipinski definition) is 8. The van der Waals surface area contributed by atoms with Gasteiger partial charge in [0.05, 0.1) is 44.0 Å². The van der Waals surface area contributed by atoms with Crippen molar-refractivity contribution in [3.63, 3.8) is 0 Å². The smallest absolute Gasteiger partial charge is 0.407 e. The number of ether oxygens (including phenoxy) is 2. The lowest BCUT2D eigenvalue weighted by molar-refractivity contribution is -0.124. The van der Waals surface area contributed by atoms with Crippen molar-refractivity contribution in [2.45, 2.75) is 66.1 Å². The highest BCUT2D eigenvalue weighted by Gasteiger charge is 2.26. The van der Waals surface area contributed by atoms with E-state index in [1.165, 1.54) is 14.2 Å². The Morgan fingerprint density at radius 1 is 0.712 bits per heavy atom. The van der Waals surface area contributed by atoms with Gasteiger partial charge in [0.25, 0.3) is 0 Å². The van der Waals surface area contributed by atoms with Gasteiger partial charge in [-0.1, -0.05) is 70.7 Å². The number of nitrogens with zero attached hydrogens (tertiary/aromatic N) is 2. The Morgan fingerprint density at radius 3 is 1.60 bits per heavy atom. The van der Waals surface area contributed by atoms with E-state index < -0.39 is 30.2 Å². The van der Waals surface area contributed by atoms with Crippen molar-refractivity contribution in [3.8, 4) is 34.4 Å². The van der Waals surface area contributed by atoms with Gasteiger partial charge in [-0.3, -0.25) is 9.59 Å². The lowest BCUT2D eigenvalue weighted by Gasteiger charge is -2.22. The number of H-pyrrole nitrogens is 2. The van der Waals surface area contributed by atoms with E-state index in [0.717, 1.165) is 45.9 Å². The van der Waals surface area contributed by atoms with Gasteiger partial charge in [-0.2, -0.15) is 0 Å². The second kappa shape index (κ2) is 19.3. The average molecular weight is 713 g/mol. The molecule has 0 fully saturated rings. The molecule has 4 rings (SSSR count). The van der Waals surface area contributed by atoms with Gasteiger partial charge in [-0.05, 0) is 54.2 Å². The van der Waals surface area contributed by atoms with Crippen LogP contribution in [0.1, 0.15) is 70.4 Å². The van der Waals surface area contributed by atoms with E-state index in [0.29, 0.717) is 5.82 Å². The summed E-state index contributed by atoms with van der Waals surface area (Å²) < 4.78 is 8.96. The number of aromatic amines is 2. The molecule has 0 radical (unpaired) electrons. The highest BCUT2D eigenvalue weighted by Crippen LogP contribution is 2.21. The van der Waals surface area contributed by atoms with Crippen LogP contribution in [0.15, 0.2) is 60.9 Å². The number of nitrogens with one attached hydrogen (secondary N) is 5. The maximum absolute atomic E-state index is 12.8. The number of primary amides is 1. The first kappa shape index (κ1) is 40.3. The third-order valence-corrected chi connectivity index (χ3v) is 7.91. The lowest BCUT2D eigenvalue weighted by atomic mass is 10.0. The van der Waals surface area contributed by atoms with Gasteiger partial charge < -0.3 is 41.1 Å². The van der Waals surface area contributed by atoms with Gasteiger partial charge in [0.15, 0.2) is 0 Å². The maximum atomic E-state index is 12.8. The molecule has 0 spiro atoms. The number of methoxy groups -OCH3 is 2. The van der Waals surface area contributed by atoms with Gasteiger partial charge in [-0.25, -0.2) is 19.6 Å². The summed E-state index contributed by atoms with van der Waals surface area (Å²) in [5, 5.41) is 7.81. The van der Waals surface area contributed by atoms with Crippen molar-refractivity contribution in [2.24, 2.45) is 17.6 Å². The van der Waals surface area contributed by atoms with Gasteiger partial charge >= 0.3 is 12.2 Å². The second-order valence-electron chi connectivity index (χ2n) is 12.5. The zero-order valence-electron chi connectivity index (χ0n) is 30.8. The molecule has 2 heterocycles. The molecular weight excluding hydrogens is 664 g/mol. The molecule has 7 N–H and O–H groups in total. The Morgan fingerprint density at radius 2 is 1.17 bits per heavy atom. The molecule has 14 nitrogen and oxygen atoms in total. The summed E-state index contributed by atoms with van der Waals surface area (Å²) in [4.78, 5) is 61.2. The number of aryl methyl sites for hydroxylation is 1. The van der Waals surface area contributed by atoms with Crippen molar-refractivity contribution >= 4 is 24.0 Å². The van der Waals surface area contributed by atoms with E-state index in [-0.39, 0.29) is 23.8 Å².